The number of rotatable bonds is 11. The van der Waals surface area contributed by atoms with Gasteiger partial charge in [-0.2, -0.15) is 26.3 Å². The van der Waals surface area contributed by atoms with Gasteiger partial charge in [-0.05, 0) is 24.3 Å². The minimum Gasteiger partial charge on any atom is -0.504 e. The minimum absolute atomic E-state index is 0. The Kier molecular flexibility index (Phi) is 21.7. The summed E-state index contributed by atoms with van der Waals surface area (Å²) in [6, 6.07) is 14.3. The van der Waals surface area contributed by atoms with Gasteiger partial charge >= 0.3 is 12.4 Å². The van der Waals surface area contributed by atoms with Crippen LogP contribution in [-0.4, -0.2) is 51.7 Å². The topological polar surface area (TPSA) is 108 Å². The van der Waals surface area contributed by atoms with Crippen molar-refractivity contribution in [3.63, 3.8) is 0 Å². The number of methoxy groups -OCH3 is 4. The zero-order valence-corrected chi connectivity index (χ0v) is 29.0. The summed E-state index contributed by atoms with van der Waals surface area (Å²) in [5, 5.41) is 10.0. The second-order valence-electron chi connectivity index (χ2n) is 7.90. The largest absolute Gasteiger partial charge is 0.504 e. The van der Waals surface area contributed by atoms with Gasteiger partial charge in [0.15, 0.2) is 15.6 Å². The number of carbonyl (C=O) groups is 1. The summed E-state index contributed by atoms with van der Waals surface area (Å²) in [4.78, 5) is 9.86. The monoisotopic (exact) mass is 835 g/mol. The molecule has 2 aromatic rings. The van der Waals surface area contributed by atoms with Gasteiger partial charge in [0.1, 0.15) is 11.5 Å². The summed E-state index contributed by atoms with van der Waals surface area (Å²) in [6.07, 6.45) is -5.85. The Morgan fingerprint density at radius 2 is 1.24 bits per heavy atom. The fraction of sp³-hybridized carbons (Fsp3) is 0.207. The van der Waals surface area contributed by atoms with E-state index in [2.05, 4.69) is 13.2 Å². The standard InChI is InChI=1S/C17H21O4P.C7H7O2P.C5H2F6O2.Eu/c1-6-14(12-19-3)22(18,15(7-2)13-20-4)17-11-9-8-10-16(17)21-5;1-9-6-4-2-3-5-7(6)10-8;6-4(7,8)2(12)1-3(13)5(9,10)11;/h6-13H,1-2H2,3-5H3;2-5H,1H3;1,12H;/b14-12-,15-13-;;2-1-;. The summed E-state index contributed by atoms with van der Waals surface area (Å²) in [5.41, 5.74) is 0. The first-order chi connectivity index (χ1) is 21.0. The van der Waals surface area contributed by atoms with Crippen LogP contribution in [0.1, 0.15) is 0 Å². The molecule has 8 nitrogen and oxygen atoms in total. The van der Waals surface area contributed by atoms with E-state index in [1.165, 1.54) is 46.0 Å². The van der Waals surface area contributed by atoms with Crippen LogP contribution in [0.3, 0.4) is 0 Å². The molecule has 0 aliphatic heterocycles. The van der Waals surface area contributed by atoms with Crippen LogP contribution >= 0.6 is 15.6 Å². The second-order valence-corrected chi connectivity index (χ2v) is 11.3. The third-order valence-corrected chi connectivity index (χ3v) is 8.71. The van der Waals surface area contributed by atoms with Crippen LogP contribution in [0, 0.1) is 49.4 Å². The summed E-state index contributed by atoms with van der Waals surface area (Å²) in [6.45, 7) is 7.48. The fourth-order valence-corrected chi connectivity index (χ4v) is 6.10. The molecule has 1 N–H and O–H groups in total. The van der Waals surface area contributed by atoms with Crippen LogP contribution in [0.2, 0.25) is 0 Å². The number of para-hydroxylation sites is 2. The number of hydrogen-bond donors (Lipinski definition) is 1. The molecule has 2 aromatic carbocycles. The van der Waals surface area contributed by atoms with E-state index < -0.39 is 37.1 Å². The average molecular weight is 834 g/mol. The molecule has 1 radical (unpaired) electrons. The Morgan fingerprint density at radius 1 is 0.804 bits per heavy atom. The number of benzene rings is 2. The first kappa shape index (κ1) is 45.4. The van der Waals surface area contributed by atoms with Gasteiger partial charge in [-0.1, -0.05) is 49.6 Å². The summed E-state index contributed by atoms with van der Waals surface area (Å²) >= 11 is 0. The van der Waals surface area contributed by atoms with Gasteiger partial charge in [0.05, 0.1) is 62.2 Å². The van der Waals surface area contributed by atoms with Crippen molar-refractivity contribution in [2.75, 3.05) is 28.4 Å². The predicted octanol–water partition coefficient (Wildman–Crippen LogP) is 7.77. The summed E-state index contributed by atoms with van der Waals surface area (Å²) in [7, 11) is 2.81. The molecule has 0 bridgehead atoms. The molecule has 2 rings (SSSR count). The van der Waals surface area contributed by atoms with E-state index in [0.717, 1.165) is 0 Å². The number of aliphatic hydroxyl groups excluding tert-OH is 1. The van der Waals surface area contributed by atoms with Gasteiger partial charge in [0, 0.05) is 55.5 Å². The third kappa shape index (κ3) is 14.0. The van der Waals surface area contributed by atoms with Crippen molar-refractivity contribution in [2.45, 2.75) is 12.4 Å². The van der Waals surface area contributed by atoms with E-state index in [0.29, 0.717) is 32.7 Å². The molecule has 0 saturated carbocycles. The maximum atomic E-state index is 13.9. The number of ketones is 1. The Labute approximate surface area is 304 Å². The SMILES string of the molecule is C=C/C(=C/OC)P(=O)(/C(C=C)=C\OC)c1ccccc1OC.COc1ccccc1P=O.O=C(/C=C(\O)C(F)(F)F)C(F)(F)F.[Eu]. The third-order valence-electron chi connectivity index (χ3n) is 5.07. The van der Waals surface area contributed by atoms with Crippen LogP contribution in [0.25, 0.3) is 0 Å². The average Bonchev–Trinajstić information content (AvgIpc) is 3.01. The van der Waals surface area contributed by atoms with Crippen molar-refractivity contribution in [1.82, 2.24) is 0 Å². The molecule has 46 heavy (non-hydrogen) atoms. The van der Waals surface area contributed by atoms with Crippen LogP contribution in [0.15, 0.2) is 109 Å². The maximum Gasteiger partial charge on any atom is 0.454 e. The number of ether oxygens (including phenoxy) is 4. The molecule has 17 heteroatoms. The van der Waals surface area contributed by atoms with Crippen molar-refractivity contribution in [1.29, 1.82) is 0 Å². The Balaban J connectivity index is 0. The smallest absolute Gasteiger partial charge is 0.454 e. The van der Waals surface area contributed by atoms with E-state index in [9.17, 15) is 40.3 Å². The van der Waals surface area contributed by atoms with E-state index in [1.54, 1.807) is 37.4 Å². The predicted molar refractivity (Wildman–Crippen MR) is 159 cm³/mol. The number of hydrogen-bond acceptors (Lipinski definition) is 8. The zero-order valence-electron chi connectivity index (χ0n) is 24.8. The molecule has 0 amide bonds. The van der Waals surface area contributed by atoms with Crippen LogP contribution in [-0.2, 0) is 23.4 Å². The second kappa shape index (κ2) is 22.0. The molecule has 0 saturated heterocycles. The van der Waals surface area contributed by atoms with Crippen molar-refractivity contribution in [2.24, 2.45) is 0 Å². The molecule has 0 spiro atoms. The van der Waals surface area contributed by atoms with Crippen LogP contribution in [0.4, 0.5) is 26.3 Å². The van der Waals surface area contributed by atoms with Gasteiger partial charge in [-0.15, -0.1) is 0 Å². The van der Waals surface area contributed by atoms with Gasteiger partial charge in [-0.25, -0.2) is 0 Å². The molecule has 253 valence electrons. The normalized spacial score (nSPS) is 13.2. The van der Waals surface area contributed by atoms with Crippen molar-refractivity contribution in [3.8, 4) is 11.5 Å². The number of carbonyl (C=O) groups excluding carboxylic acids is 1. The van der Waals surface area contributed by atoms with E-state index in [1.807, 2.05) is 18.2 Å². The molecule has 0 aromatic heterocycles. The minimum atomic E-state index is -5.42. The van der Waals surface area contributed by atoms with Crippen molar-refractivity contribution < 1.29 is 114 Å². The molecular formula is C29H30EuF6O8P2. The molecule has 0 unspecified atom stereocenters. The molecule has 0 aliphatic rings. The van der Waals surface area contributed by atoms with Gasteiger partial charge in [-0.3, -0.25) is 9.36 Å². The summed E-state index contributed by atoms with van der Waals surface area (Å²) in [5.74, 6) is -4.16. The van der Waals surface area contributed by atoms with Crippen molar-refractivity contribution in [3.05, 3.63) is 109 Å². The van der Waals surface area contributed by atoms with Crippen LogP contribution < -0.4 is 20.1 Å². The molecule has 0 fully saturated rings. The number of halogens is 6. The summed E-state index contributed by atoms with van der Waals surface area (Å²) < 4.78 is 113. The van der Waals surface area contributed by atoms with E-state index >= 15 is 0 Å². The first-order valence-corrected chi connectivity index (χ1v) is 14.6. The molecule has 0 atom stereocenters. The van der Waals surface area contributed by atoms with Gasteiger partial charge in [0.2, 0.25) is 5.76 Å². The Morgan fingerprint density at radius 3 is 1.59 bits per heavy atom. The quantitative estimate of drug-likeness (QED) is 0.0806. The first-order valence-electron chi connectivity index (χ1n) is 12.0. The maximum absolute atomic E-state index is 13.9. The number of allylic oxidation sites excluding steroid dienone is 6. The Hall–Kier alpha value is -2.70. The molecule has 0 aliphatic carbocycles. The van der Waals surface area contributed by atoms with E-state index in [-0.39, 0.29) is 57.8 Å². The van der Waals surface area contributed by atoms with Crippen LogP contribution in [0.5, 0.6) is 11.5 Å². The Bertz CT molecular complexity index is 1420. The van der Waals surface area contributed by atoms with Gasteiger partial charge in [0.25, 0.3) is 5.78 Å². The number of aliphatic hydroxyl groups is 1. The van der Waals surface area contributed by atoms with E-state index in [4.69, 9.17) is 24.1 Å². The molecule has 0 heterocycles. The van der Waals surface area contributed by atoms with Crippen molar-refractivity contribution >= 4 is 32.0 Å². The fourth-order valence-electron chi connectivity index (χ4n) is 3.05. The number of alkyl halides is 6. The zero-order chi connectivity index (χ0) is 34.8. The molecular weight excluding hydrogens is 804 g/mol. The van der Waals surface area contributed by atoms with Gasteiger partial charge < -0.3 is 28.6 Å².